The van der Waals surface area contributed by atoms with Crippen LogP contribution >= 0.6 is 11.6 Å². The van der Waals surface area contributed by atoms with Crippen molar-refractivity contribution in [2.75, 3.05) is 37.0 Å². The Labute approximate surface area is 184 Å². The largest absolute Gasteiger partial charge is 0.495 e. The predicted molar refractivity (Wildman–Crippen MR) is 116 cm³/mol. The monoisotopic (exact) mass is 447 g/mol. The SMILES string of the molecule is COc1cc(Cl)c(C)cc1NC(=O)COC(=O)c1cc([N+](=O)[O-])ccc1N1CCCC1. The number of esters is 1. The minimum Gasteiger partial charge on any atom is -0.495 e. The van der Waals surface area contributed by atoms with Crippen LogP contribution in [0, 0.1) is 17.0 Å². The summed E-state index contributed by atoms with van der Waals surface area (Å²) >= 11 is 6.06. The number of hydrogen-bond acceptors (Lipinski definition) is 7. The first-order chi connectivity index (χ1) is 14.8. The lowest BCUT2D eigenvalue weighted by molar-refractivity contribution is -0.384. The molecule has 1 aliphatic heterocycles. The second-order valence-electron chi connectivity index (χ2n) is 7.08. The average molecular weight is 448 g/mol. The molecular formula is C21H22ClN3O6. The number of anilines is 2. The van der Waals surface area contributed by atoms with Crippen molar-refractivity contribution in [3.05, 3.63) is 56.6 Å². The summed E-state index contributed by atoms with van der Waals surface area (Å²) in [6, 6.07) is 7.30. The molecule has 2 aromatic carbocycles. The molecule has 0 bridgehead atoms. The van der Waals surface area contributed by atoms with Crippen molar-refractivity contribution in [1.29, 1.82) is 0 Å². The Morgan fingerprint density at radius 1 is 1.23 bits per heavy atom. The van der Waals surface area contributed by atoms with E-state index in [4.69, 9.17) is 21.1 Å². The van der Waals surface area contributed by atoms with E-state index in [0.717, 1.165) is 31.5 Å². The van der Waals surface area contributed by atoms with E-state index in [9.17, 15) is 19.7 Å². The topological polar surface area (TPSA) is 111 Å². The molecule has 0 aliphatic carbocycles. The van der Waals surface area contributed by atoms with Crippen LogP contribution in [0.2, 0.25) is 5.02 Å². The Morgan fingerprint density at radius 3 is 2.58 bits per heavy atom. The molecular weight excluding hydrogens is 426 g/mol. The first kappa shape index (κ1) is 22.4. The summed E-state index contributed by atoms with van der Waals surface area (Å²) in [6.45, 7) is 2.70. The van der Waals surface area contributed by atoms with Gasteiger partial charge in [-0.1, -0.05) is 11.6 Å². The van der Waals surface area contributed by atoms with E-state index < -0.39 is 23.4 Å². The number of nitrogens with zero attached hydrogens (tertiary/aromatic N) is 2. The van der Waals surface area contributed by atoms with Gasteiger partial charge < -0.3 is 19.7 Å². The minimum atomic E-state index is -0.806. The molecule has 0 radical (unpaired) electrons. The maximum atomic E-state index is 12.7. The first-order valence-electron chi connectivity index (χ1n) is 9.64. The summed E-state index contributed by atoms with van der Waals surface area (Å²) in [6.07, 6.45) is 1.94. The van der Waals surface area contributed by atoms with Crippen molar-refractivity contribution in [3.8, 4) is 5.75 Å². The number of amides is 1. The number of ether oxygens (including phenoxy) is 2. The van der Waals surface area contributed by atoms with E-state index in [2.05, 4.69) is 5.32 Å². The van der Waals surface area contributed by atoms with Gasteiger partial charge in [0.05, 0.1) is 29.0 Å². The fraction of sp³-hybridized carbons (Fsp3) is 0.333. The zero-order valence-electron chi connectivity index (χ0n) is 17.1. The van der Waals surface area contributed by atoms with Crippen molar-refractivity contribution < 1.29 is 24.0 Å². The van der Waals surface area contributed by atoms with Gasteiger partial charge in [-0.2, -0.15) is 0 Å². The van der Waals surface area contributed by atoms with Gasteiger partial charge in [-0.05, 0) is 37.5 Å². The molecule has 1 saturated heterocycles. The Balaban J connectivity index is 1.73. The number of nitro benzene ring substituents is 1. The van der Waals surface area contributed by atoms with E-state index in [-0.39, 0.29) is 11.3 Å². The number of hydrogen-bond donors (Lipinski definition) is 1. The summed E-state index contributed by atoms with van der Waals surface area (Å²) in [5.41, 5.74) is 1.52. The molecule has 9 nitrogen and oxygen atoms in total. The van der Waals surface area contributed by atoms with Crippen LogP contribution in [0.3, 0.4) is 0 Å². The van der Waals surface area contributed by atoms with E-state index in [1.54, 1.807) is 25.1 Å². The van der Waals surface area contributed by atoms with E-state index in [1.807, 2.05) is 4.90 Å². The van der Waals surface area contributed by atoms with Gasteiger partial charge in [-0.25, -0.2) is 4.79 Å². The molecule has 31 heavy (non-hydrogen) atoms. The lowest BCUT2D eigenvalue weighted by Gasteiger charge is -2.20. The second kappa shape index (κ2) is 9.65. The molecule has 0 unspecified atom stereocenters. The minimum absolute atomic E-state index is 0.0591. The van der Waals surface area contributed by atoms with Crippen molar-refractivity contribution in [3.63, 3.8) is 0 Å². The normalized spacial score (nSPS) is 13.1. The van der Waals surface area contributed by atoms with Gasteiger partial charge in [0.15, 0.2) is 6.61 Å². The highest BCUT2D eigenvalue weighted by molar-refractivity contribution is 6.31. The Kier molecular flexibility index (Phi) is 6.96. The smallest absolute Gasteiger partial charge is 0.341 e. The van der Waals surface area contributed by atoms with Gasteiger partial charge in [0.2, 0.25) is 0 Å². The van der Waals surface area contributed by atoms with Crippen LogP contribution < -0.4 is 15.0 Å². The van der Waals surface area contributed by atoms with Gasteiger partial charge in [0.1, 0.15) is 5.75 Å². The number of carbonyl (C=O) groups excluding carboxylic acids is 2. The highest BCUT2D eigenvalue weighted by Gasteiger charge is 2.24. The number of nitrogens with one attached hydrogen (secondary N) is 1. The van der Waals surface area contributed by atoms with Crippen LogP contribution in [-0.4, -0.2) is 43.6 Å². The number of nitro groups is 1. The number of non-ortho nitro benzene ring substituents is 1. The van der Waals surface area contributed by atoms with Crippen LogP contribution in [0.15, 0.2) is 30.3 Å². The molecule has 3 rings (SSSR count). The molecule has 1 N–H and O–H groups in total. The highest BCUT2D eigenvalue weighted by atomic mass is 35.5. The van der Waals surface area contributed by atoms with Crippen LogP contribution in [0.25, 0.3) is 0 Å². The fourth-order valence-electron chi connectivity index (χ4n) is 3.36. The number of carbonyl (C=O) groups is 2. The summed E-state index contributed by atoms with van der Waals surface area (Å²) < 4.78 is 10.4. The molecule has 10 heteroatoms. The molecule has 0 aromatic heterocycles. The number of methoxy groups -OCH3 is 1. The second-order valence-corrected chi connectivity index (χ2v) is 7.49. The molecule has 1 amide bonds. The van der Waals surface area contributed by atoms with Crippen LogP contribution in [0.4, 0.5) is 17.1 Å². The number of halogens is 1. The lowest BCUT2D eigenvalue weighted by Crippen LogP contribution is -2.24. The van der Waals surface area contributed by atoms with Gasteiger partial charge >= 0.3 is 5.97 Å². The number of aryl methyl sites for hydroxylation is 1. The van der Waals surface area contributed by atoms with Crippen LogP contribution in [-0.2, 0) is 9.53 Å². The van der Waals surface area contributed by atoms with Crippen molar-refractivity contribution in [2.24, 2.45) is 0 Å². The average Bonchev–Trinajstić information content (AvgIpc) is 3.28. The van der Waals surface area contributed by atoms with E-state index in [0.29, 0.717) is 22.1 Å². The third-order valence-corrected chi connectivity index (χ3v) is 5.35. The van der Waals surface area contributed by atoms with Crippen molar-refractivity contribution >= 4 is 40.5 Å². The predicted octanol–water partition coefficient (Wildman–Crippen LogP) is 3.96. The third kappa shape index (κ3) is 5.24. The van der Waals surface area contributed by atoms with Gasteiger partial charge in [0.25, 0.3) is 11.6 Å². The molecule has 164 valence electrons. The van der Waals surface area contributed by atoms with Crippen LogP contribution in [0.5, 0.6) is 5.75 Å². The summed E-state index contributed by atoms with van der Waals surface area (Å²) in [7, 11) is 1.44. The number of benzene rings is 2. The molecule has 0 atom stereocenters. The molecule has 2 aromatic rings. The van der Waals surface area contributed by atoms with Gasteiger partial charge in [0, 0.05) is 36.3 Å². The molecule has 0 spiro atoms. The van der Waals surface area contributed by atoms with Gasteiger partial charge in [-0.15, -0.1) is 0 Å². The summed E-state index contributed by atoms with van der Waals surface area (Å²) in [4.78, 5) is 37.6. The van der Waals surface area contributed by atoms with Gasteiger partial charge in [-0.3, -0.25) is 14.9 Å². The summed E-state index contributed by atoms with van der Waals surface area (Å²) in [5.74, 6) is -1.02. The Morgan fingerprint density at radius 2 is 1.94 bits per heavy atom. The molecule has 1 fully saturated rings. The quantitative estimate of drug-likeness (QED) is 0.388. The first-order valence-corrected chi connectivity index (χ1v) is 10.0. The Bertz CT molecular complexity index is 1020. The summed E-state index contributed by atoms with van der Waals surface area (Å²) in [5, 5.41) is 14.2. The number of rotatable bonds is 7. The third-order valence-electron chi connectivity index (χ3n) is 4.95. The van der Waals surface area contributed by atoms with Crippen LogP contribution in [0.1, 0.15) is 28.8 Å². The zero-order valence-corrected chi connectivity index (χ0v) is 17.9. The molecule has 0 saturated carbocycles. The van der Waals surface area contributed by atoms with E-state index in [1.165, 1.54) is 19.2 Å². The van der Waals surface area contributed by atoms with E-state index >= 15 is 0 Å². The van der Waals surface area contributed by atoms with Crippen molar-refractivity contribution in [1.82, 2.24) is 0 Å². The fourth-order valence-corrected chi connectivity index (χ4v) is 3.51. The highest BCUT2D eigenvalue weighted by Crippen LogP contribution is 2.31. The standard InChI is InChI=1S/C21H22ClN3O6/c1-13-9-17(19(30-2)11-16(13)22)23-20(26)12-31-21(27)15-10-14(25(28)29)5-6-18(15)24-7-3-4-8-24/h5-6,9-11H,3-4,7-8,12H2,1-2H3,(H,23,26). The molecule has 1 aliphatic rings. The maximum Gasteiger partial charge on any atom is 0.341 e. The molecule has 1 heterocycles. The van der Waals surface area contributed by atoms with Crippen molar-refractivity contribution in [2.45, 2.75) is 19.8 Å². The lowest BCUT2D eigenvalue weighted by atomic mass is 10.1. The zero-order chi connectivity index (χ0) is 22.5. The maximum absolute atomic E-state index is 12.7. The Hall–Kier alpha value is -3.33.